The van der Waals surface area contributed by atoms with Crippen LogP contribution in [0.2, 0.25) is 5.02 Å². The van der Waals surface area contributed by atoms with Crippen LogP contribution >= 0.6 is 11.6 Å². The summed E-state index contributed by atoms with van der Waals surface area (Å²) < 4.78 is 30.2. The predicted octanol–water partition coefficient (Wildman–Crippen LogP) is 4.74. The molecule has 2 atom stereocenters. The monoisotopic (exact) mass is 440 g/mol. The first-order valence-corrected chi connectivity index (χ1v) is 9.76. The number of rotatable bonds is 5. The van der Waals surface area contributed by atoms with Crippen molar-refractivity contribution in [1.29, 1.82) is 10.7 Å². The molecule has 31 heavy (non-hydrogen) atoms. The largest absolute Gasteiger partial charge is 0.493 e. The fourth-order valence-corrected chi connectivity index (χ4v) is 3.95. The van der Waals surface area contributed by atoms with Crippen molar-refractivity contribution >= 4 is 17.5 Å². The zero-order valence-corrected chi connectivity index (χ0v) is 17.5. The molecule has 0 radical (unpaired) electrons. The van der Waals surface area contributed by atoms with Gasteiger partial charge >= 0.3 is 0 Å². The predicted molar refractivity (Wildman–Crippen MR) is 111 cm³/mol. The van der Waals surface area contributed by atoms with E-state index in [1.165, 1.54) is 19.2 Å². The van der Waals surface area contributed by atoms with Crippen LogP contribution in [0.1, 0.15) is 28.3 Å². The van der Waals surface area contributed by atoms with Crippen LogP contribution in [-0.4, -0.2) is 23.2 Å². The average Bonchev–Trinajstić information content (AvgIpc) is 3.11. The van der Waals surface area contributed by atoms with Crippen LogP contribution in [-0.2, 0) is 6.61 Å². The van der Waals surface area contributed by atoms with E-state index in [9.17, 15) is 9.65 Å². The van der Waals surface area contributed by atoms with Crippen molar-refractivity contribution in [2.24, 2.45) is 5.92 Å². The van der Waals surface area contributed by atoms with Crippen LogP contribution in [0.5, 0.6) is 17.4 Å². The fraction of sp³-hybridized carbons (Fsp3) is 0.227. The highest BCUT2D eigenvalue weighted by Crippen LogP contribution is 2.46. The Hall–Kier alpha value is -3.57. The summed E-state index contributed by atoms with van der Waals surface area (Å²) in [5, 5.41) is 25.0. The molecule has 2 unspecified atom stereocenters. The maximum Gasteiger partial charge on any atom is 0.243 e. The van der Waals surface area contributed by atoms with Crippen molar-refractivity contribution in [2.75, 3.05) is 7.11 Å². The Morgan fingerprint density at radius 3 is 2.87 bits per heavy atom. The molecule has 9 heteroatoms. The SMILES string of the molecule is COc1cc(C2c3c(n[nH]c3C)OC(=N)C2C#N)cc(Cl)c1OCc1cccc(F)c1. The van der Waals surface area contributed by atoms with Crippen molar-refractivity contribution in [3.63, 3.8) is 0 Å². The van der Waals surface area contributed by atoms with Gasteiger partial charge in [0.2, 0.25) is 11.8 Å². The van der Waals surface area contributed by atoms with Gasteiger partial charge in [-0.15, -0.1) is 5.10 Å². The second kappa shape index (κ2) is 8.28. The van der Waals surface area contributed by atoms with E-state index < -0.39 is 11.8 Å². The van der Waals surface area contributed by atoms with Gasteiger partial charge in [0.1, 0.15) is 18.3 Å². The molecule has 4 rings (SSSR count). The number of nitrogens with one attached hydrogen (secondary N) is 2. The van der Waals surface area contributed by atoms with Gasteiger partial charge in [0.25, 0.3) is 0 Å². The van der Waals surface area contributed by atoms with Crippen LogP contribution in [0.25, 0.3) is 0 Å². The highest BCUT2D eigenvalue weighted by molar-refractivity contribution is 6.32. The fourth-order valence-electron chi connectivity index (χ4n) is 3.68. The molecule has 7 nitrogen and oxygen atoms in total. The van der Waals surface area contributed by atoms with Crippen LogP contribution in [0, 0.1) is 35.4 Å². The number of hydrogen-bond donors (Lipinski definition) is 2. The highest BCUT2D eigenvalue weighted by Gasteiger charge is 2.40. The zero-order valence-electron chi connectivity index (χ0n) is 16.7. The van der Waals surface area contributed by atoms with Gasteiger partial charge in [0.05, 0.1) is 18.2 Å². The zero-order chi connectivity index (χ0) is 22.1. The number of aromatic nitrogens is 2. The summed E-state index contributed by atoms with van der Waals surface area (Å²) in [4.78, 5) is 0. The molecule has 2 aromatic carbocycles. The third-order valence-corrected chi connectivity index (χ3v) is 5.40. The summed E-state index contributed by atoms with van der Waals surface area (Å²) in [6.07, 6.45) is 0. The maximum absolute atomic E-state index is 13.4. The summed E-state index contributed by atoms with van der Waals surface area (Å²) in [7, 11) is 1.48. The van der Waals surface area contributed by atoms with E-state index in [1.807, 2.05) is 6.92 Å². The lowest BCUT2D eigenvalue weighted by molar-refractivity contribution is 0.284. The van der Waals surface area contributed by atoms with E-state index >= 15 is 0 Å². The number of aryl methyl sites for hydroxylation is 1. The molecule has 158 valence electrons. The first-order chi connectivity index (χ1) is 14.9. The lowest BCUT2D eigenvalue weighted by Gasteiger charge is -2.28. The van der Waals surface area contributed by atoms with Gasteiger partial charge in [-0.1, -0.05) is 23.7 Å². The third kappa shape index (κ3) is 3.80. The Morgan fingerprint density at radius 1 is 1.35 bits per heavy atom. The molecule has 0 spiro atoms. The third-order valence-electron chi connectivity index (χ3n) is 5.12. The molecule has 1 aliphatic heterocycles. The number of nitrogens with zero attached hydrogens (tertiary/aromatic N) is 2. The number of halogens is 2. The van der Waals surface area contributed by atoms with Crippen molar-refractivity contribution in [2.45, 2.75) is 19.4 Å². The molecule has 0 fully saturated rings. The molecule has 0 aliphatic carbocycles. The number of H-pyrrole nitrogens is 1. The van der Waals surface area contributed by atoms with Gasteiger partial charge in [-0.25, -0.2) is 4.39 Å². The number of fused-ring (bicyclic) bond motifs is 1. The van der Waals surface area contributed by atoms with Crippen LogP contribution < -0.4 is 14.2 Å². The molecule has 2 heterocycles. The van der Waals surface area contributed by atoms with Crippen molar-refractivity contribution in [1.82, 2.24) is 10.2 Å². The van der Waals surface area contributed by atoms with Crippen molar-refractivity contribution < 1.29 is 18.6 Å². The second-order valence-electron chi connectivity index (χ2n) is 7.07. The highest BCUT2D eigenvalue weighted by atomic mass is 35.5. The van der Waals surface area contributed by atoms with Gasteiger partial charge in [0.15, 0.2) is 11.5 Å². The molecule has 2 N–H and O–H groups in total. The molecule has 0 saturated carbocycles. The van der Waals surface area contributed by atoms with E-state index in [-0.39, 0.29) is 29.2 Å². The molecule has 1 aromatic heterocycles. The Bertz CT molecular complexity index is 1200. The van der Waals surface area contributed by atoms with Gasteiger partial charge < -0.3 is 14.2 Å². The standard InChI is InChI=1S/C22H18ClFN4O3/c1-11-18-19(15(9-25)21(26)31-22(18)28-27-11)13-7-16(23)20(17(8-13)29-2)30-10-12-4-3-5-14(24)6-12/h3-8,15,19,26H,10H2,1-2H3,(H,27,28). The van der Waals surface area contributed by atoms with Crippen molar-refractivity contribution in [3.05, 3.63) is 69.6 Å². The quantitative estimate of drug-likeness (QED) is 0.596. The van der Waals surface area contributed by atoms with Crippen molar-refractivity contribution in [3.8, 4) is 23.4 Å². The van der Waals surface area contributed by atoms with E-state index in [0.29, 0.717) is 28.2 Å². The minimum absolute atomic E-state index is 0.0981. The summed E-state index contributed by atoms with van der Waals surface area (Å²) >= 11 is 6.53. The summed E-state index contributed by atoms with van der Waals surface area (Å²) in [5.74, 6) is -1.00. The molecule has 1 aliphatic rings. The second-order valence-corrected chi connectivity index (χ2v) is 7.48. The minimum atomic E-state index is -0.858. The number of hydrogen-bond acceptors (Lipinski definition) is 6. The smallest absolute Gasteiger partial charge is 0.243 e. The summed E-state index contributed by atoms with van der Waals surface area (Å²) in [6, 6.07) is 11.6. The summed E-state index contributed by atoms with van der Waals surface area (Å²) in [5.41, 5.74) is 2.72. The topological polar surface area (TPSA) is 104 Å². The van der Waals surface area contributed by atoms with Crippen LogP contribution in [0.3, 0.4) is 0 Å². The minimum Gasteiger partial charge on any atom is -0.493 e. The first-order valence-electron chi connectivity index (χ1n) is 9.38. The molecular weight excluding hydrogens is 423 g/mol. The van der Waals surface area contributed by atoms with Gasteiger partial charge in [-0.3, -0.25) is 10.5 Å². The Labute approximate surface area is 182 Å². The molecule has 0 bridgehead atoms. The number of aromatic amines is 1. The van der Waals surface area contributed by atoms with E-state index in [4.69, 9.17) is 31.2 Å². The molecule has 3 aromatic rings. The maximum atomic E-state index is 13.4. The average molecular weight is 441 g/mol. The van der Waals surface area contributed by atoms with E-state index in [0.717, 1.165) is 5.69 Å². The lowest BCUT2D eigenvalue weighted by Crippen LogP contribution is -2.31. The van der Waals surface area contributed by atoms with Gasteiger partial charge in [-0.2, -0.15) is 5.26 Å². The molecule has 0 saturated heterocycles. The summed E-state index contributed by atoms with van der Waals surface area (Å²) in [6.45, 7) is 1.92. The van der Waals surface area contributed by atoms with E-state index in [2.05, 4.69) is 16.3 Å². The van der Waals surface area contributed by atoms with E-state index in [1.54, 1.807) is 24.3 Å². The first kappa shape index (κ1) is 20.7. The number of nitriles is 1. The Balaban J connectivity index is 1.73. The number of methoxy groups -OCH3 is 1. The van der Waals surface area contributed by atoms with Crippen LogP contribution in [0.15, 0.2) is 36.4 Å². The Morgan fingerprint density at radius 2 is 2.16 bits per heavy atom. The van der Waals surface area contributed by atoms with Gasteiger partial charge in [0, 0.05) is 17.2 Å². The normalized spacial score (nSPS) is 17.5. The number of ether oxygens (including phenoxy) is 3. The van der Waals surface area contributed by atoms with Gasteiger partial charge in [-0.05, 0) is 42.3 Å². The lowest BCUT2D eigenvalue weighted by atomic mass is 9.79. The van der Waals surface area contributed by atoms with Crippen LogP contribution in [0.4, 0.5) is 4.39 Å². The number of benzene rings is 2. The molecule has 0 amide bonds. The molecular formula is C22H18ClFN4O3. The Kier molecular flexibility index (Phi) is 5.53.